The average Bonchev–Trinajstić information content (AvgIpc) is 3.03. The topological polar surface area (TPSA) is 192 Å². The molecule has 46 heavy (non-hydrogen) atoms. The van der Waals surface area contributed by atoms with Crippen LogP contribution in [0.15, 0.2) is 118 Å². The predicted octanol–water partition coefficient (Wildman–Crippen LogP) is -0.568. The van der Waals surface area contributed by atoms with Gasteiger partial charge in [-0.15, -0.1) is 10.2 Å². The summed E-state index contributed by atoms with van der Waals surface area (Å²) >= 11 is 9.86. The summed E-state index contributed by atoms with van der Waals surface area (Å²) in [6, 6.07) is 23.0. The SMILES string of the molecule is CN=C([S-])N/N=C(\c1ccc(F)cc1)c1ccccn1.CN=C([S-])N/N=C(\c1ccc(F)cc1)c1ccccn1.[Fe+3].[O-][Cl+3]([O-])([O-])[O-]. The van der Waals surface area contributed by atoms with Gasteiger partial charge in [-0.2, -0.15) is 10.2 Å². The van der Waals surface area contributed by atoms with Gasteiger partial charge in [0.25, 0.3) is 0 Å². The van der Waals surface area contributed by atoms with Crippen LogP contribution in [0.1, 0.15) is 22.5 Å². The summed E-state index contributed by atoms with van der Waals surface area (Å²) in [6.07, 6.45) is 3.33. The molecule has 1 radical (unpaired) electrons. The number of amidine groups is 2. The van der Waals surface area contributed by atoms with E-state index in [0.29, 0.717) is 22.8 Å². The molecular formula is C28H24ClF2FeN8O4S2. The van der Waals surface area contributed by atoms with Crippen molar-refractivity contribution in [2.75, 3.05) is 14.1 Å². The maximum absolute atomic E-state index is 13.0. The van der Waals surface area contributed by atoms with Gasteiger partial charge in [0.15, 0.2) is 0 Å². The number of aliphatic imine (C=N–C) groups is 2. The molecule has 0 unspecified atom stereocenters. The molecule has 0 aliphatic heterocycles. The molecule has 0 atom stereocenters. The molecule has 0 aliphatic carbocycles. The van der Waals surface area contributed by atoms with Crippen molar-refractivity contribution in [1.82, 2.24) is 20.8 Å². The van der Waals surface area contributed by atoms with Crippen LogP contribution in [0.5, 0.6) is 0 Å². The second kappa shape index (κ2) is 20.9. The summed E-state index contributed by atoms with van der Waals surface area (Å²) in [7, 11) is -1.80. The van der Waals surface area contributed by atoms with E-state index in [1.165, 1.54) is 24.3 Å². The Balaban J connectivity index is 0.000000394. The molecule has 2 aromatic carbocycles. The smallest absolute Gasteiger partial charge is 0.741 e. The Labute approximate surface area is 287 Å². The minimum Gasteiger partial charge on any atom is -0.741 e. The molecule has 0 fully saturated rings. The van der Waals surface area contributed by atoms with E-state index >= 15 is 0 Å². The zero-order valence-electron chi connectivity index (χ0n) is 23.9. The van der Waals surface area contributed by atoms with Gasteiger partial charge in [-0.3, -0.25) is 30.8 Å². The van der Waals surface area contributed by atoms with Crippen LogP contribution in [0.2, 0.25) is 0 Å². The Morgan fingerprint density at radius 2 is 0.957 bits per heavy atom. The van der Waals surface area contributed by atoms with Crippen LogP contribution in [0.3, 0.4) is 0 Å². The minimum absolute atomic E-state index is 0. The summed E-state index contributed by atoms with van der Waals surface area (Å²) in [6.45, 7) is 0. The molecule has 0 aliphatic rings. The van der Waals surface area contributed by atoms with Crippen molar-refractivity contribution in [3.05, 3.63) is 131 Å². The number of halogens is 3. The first-order chi connectivity index (χ1) is 21.4. The van der Waals surface area contributed by atoms with E-state index in [2.05, 4.69) is 41.0 Å². The number of nitrogens with zero attached hydrogens (tertiary/aromatic N) is 6. The molecule has 2 N–H and O–H groups in total. The average molecular weight is 730 g/mol. The molecule has 12 nitrogen and oxygen atoms in total. The third-order valence-electron chi connectivity index (χ3n) is 4.98. The molecule has 4 aromatic rings. The molecule has 0 saturated heterocycles. The largest absolute Gasteiger partial charge is 3.00 e. The van der Waals surface area contributed by atoms with Gasteiger partial charge >= 0.3 is 17.1 Å². The molecular weight excluding hydrogens is 706 g/mol. The van der Waals surface area contributed by atoms with Crippen LogP contribution >= 0.6 is 0 Å². The van der Waals surface area contributed by atoms with Crippen LogP contribution in [0.4, 0.5) is 8.78 Å². The Morgan fingerprint density at radius 1 is 0.630 bits per heavy atom. The van der Waals surface area contributed by atoms with E-state index in [9.17, 15) is 8.78 Å². The van der Waals surface area contributed by atoms with Crippen LogP contribution in [0, 0.1) is 21.9 Å². The first-order valence-electron chi connectivity index (χ1n) is 12.3. The molecule has 0 spiro atoms. The van der Waals surface area contributed by atoms with Crippen molar-refractivity contribution in [3.63, 3.8) is 0 Å². The van der Waals surface area contributed by atoms with Crippen LogP contribution in [-0.4, -0.2) is 45.8 Å². The number of hydrogen-bond acceptors (Lipinski definition) is 12. The molecule has 4 rings (SSSR count). The Hall–Kier alpha value is -4.03. The second-order valence-electron chi connectivity index (χ2n) is 8.02. The number of benzene rings is 2. The minimum atomic E-state index is -4.94. The molecule has 241 valence electrons. The molecule has 18 heteroatoms. The third-order valence-corrected chi connectivity index (χ3v) is 5.53. The fourth-order valence-corrected chi connectivity index (χ4v) is 3.16. The van der Waals surface area contributed by atoms with Crippen molar-refractivity contribution in [1.29, 1.82) is 0 Å². The Bertz CT molecular complexity index is 1480. The Morgan fingerprint density at radius 3 is 1.22 bits per heavy atom. The normalized spacial score (nSPS) is 12.0. The van der Waals surface area contributed by atoms with Crippen molar-refractivity contribution in [3.8, 4) is 0 Å². The van der Waals surface area contributed by atoms with Gasteiger partial charge in [0.1, 0.15) is 23.1 Å². The van der Waals surface area contributed by atoms with Crippen LogP contribution in [0.25, 0.3) is 0 Å². The quantitative estimate of drug-likeness (QED) is 0.0855. The van der Waals surface area contributed by atoms with Gasteiger partial charge in [-0.05, 0) is 83.1 Å². The van der Waals surface area contributed by atoms with Crippen molar-refractivity contribution in [2.24, 2.45) is 20.2 Å². The zero-order valence-corrected chi connectivity index (χ0v) is 27.4. The van der Waals surface area contributed by atoms with E-state index in [-0.39, 0.29) is 39.0 Å². The third kappa shape index (κ3) is 15.8. The maximum Gasteiger partial charge on any atom is 3.00 e. The second-order valence-corrected chi connectivity index (χ2v) is 9.55. The summed E-state index contributed by atoms with van der Waals surface area (Å²) in [5.41, 5.74) is 9.24. The number of rotatable bonds is 6. The summed E-state index contributed by atoms with van der Waals surface area (Å²) < 4.78 is 60.0. The number of pyridine rings is 2. The van der Waals surface area contributed by atoms with Crippen molar-refractivity contribution in [2.45, 2.75) is 0 Å². The van der Waals surface area contributed by atoms with Gasteiger partial charge in [0.2, 0.25) is 0 Å². The van der Waals surface area contributed by atoms with Gasteiger partial charge in [0, 0.05) is 37.6 Å². The van der Waals surface area contributed by atoms with E-state index in [1.54, 1.807) is 50.8 Å². The fourth-order valence-electron chi connectivity index (χ4n) is 3.07. The first-order valence-corrected chi connectivity index (χ1v) is 14.4. The van der Waals surface area contributed by atoms with E-state index in [4.69, 9.17) is 43.9 Å². The van der Waals surface area contributed by atoms with Crippen LogP contribution < -0.4 is 29.5 Å². The fraction of sp³-hybridized carbons (Fsp3) is 0.0714. The number of aromatic nitrogens is 2. The summed E-state index contributed by atoms with van der Waals surface area (Å²) in [5, 5.41) is 8.95. The Kier molecular flexibility index (Phi) is 18.2. The molecule has 0 amide bonds. The van der Waals surface area contributed by atoms with Crippen molar-refractivity contribution < 1.29 is 54.7 Å². The number of nitrogens with one attached hydrogen (secondary N) is 2. The monoisotopic (exact) mass is 729 g/mol. The van der Waals surface area contributed by atoms with E-state index < -0.39 is 10.2 Å². The maximum atomic E-state index is 13.0. The van der Waals surface area contributed by atoms with Gasteiger partial charge in [-0.25, -0.2) is 27.4 Å². The van der Waals surface area contributed by atoms with E-state index in [1.807, 2.05) is 36.4 Å². The molecule has 0 bridgehead atoms. The summed E-state index contributed by atoms with van der Waals surface area (Å²) in [5.74, 6) is -0.609. The standard InChI is InChI=1S/2C14H13FN4S.ClHO4.Fe/c2*1-16-14(20)19-18-13(12-4-2-3-9-17-12)10-5-7-11(15)8-6-10;2-1(3,4)5;/h2*2-9H,1H3,(H2,16,19,20);(H,2,3,4,5);/q;;;+3/p-3/b2*18-13+;;. The molecule has 2 heterocycles. The van der Waals surface area contributed by atoms with Gasteiger partial charge in [0.05, 0.1) is 11.4 Å². The first kappa shape index (κ1) is 40.0. The summed E-state index contributed by atoms with van der Waals surface area (Å²) in [4.78, 5) is 16.1. The van der Waals surface area contributed by atoms with Crippen LogP contribution in [-0.2, 0) is 42.3 Å². The van der Waals surface area contributed by atoms with Gasteiger partial charge < -0.3 is 25.3 Å². The van der Waals surface area contributed by atoms with Gasteiger partial charge in [-0.1, -0.05) is 12.1 Å². The molecule has 2 aromatic heterocycles. The zero-order chi connectivity index (χ0) is 33.2. The molecule has 0 saturated carbocycles. The predicted molar refractivity (Wildman–Crippen MR) is 160 cm³/mol. The number of hydrogen-bond donors (Lipinski definition) is 2. The number of hydrazone groups is 2. The van der Waals surface area contributed by atoms with Crippen molar-refractivity contribution >= 4 is 47.0 Å². The van der Waals surface area contributed by atoms with E-state index in [0.717, 1.165) is 11.1 Å².